The summed E-state index contributed by atoms with van der Waals surface area (Å²) in [7, 11) is 0. The maximum Gasteiger partial charge on any atom is 0.417 e. The Morgan fingerprint density at radius 1 is 1.24 bits per heavy atom. The predicted octanol–water partition coefficient (Wildman–Crippen LogP) is 3.74. The molecule has 1 saturated heterocycles. The van der Waals surface area contributed by atoms with Crippen molar-refractivity contribution >= 4 is 11.6 Å². The molecule has 9 heteroatoms. The number of carbonyl (C=O) groups is 1. The number of pyridine rings is 2. The zero-order chi connectivity index (χ0) is 23.7. The fourth-order valence-electron chi connectivity index (χ4n) is 5.83. The molecular formula is C25H23F3N4O2. The molecule has 6 rings (SSSR count). The lowest BCUT2D eigenvalue weighted by molar-refractivity contribution is -0.138. The van der Waals surface area contributed by atoms with Crippen LogP contribution in [0.25, 0.3) is 5.70 Å². The van der Waals surface area contributed by atoms with Crippen molar-refractivity contribution in [2.24, 2.45) is 11.3 Å². The summed E-state index contributed by atoms with van der Waals surface area (Å²) >= 11 is 0. The van der Waals surface area contributed by atoms with Crippen LogP contribution >= 0.6 is 0 Å². The molecule has 0 aromatic carbocycles. The lowest BCUT2D eigenvalue weighted by atomic mass is 9.73. The Morgan fingerprint density at radius 2 is 2.09 bits per heavy atom. The number of likely N-dealkylation sites (tertiary alicyclic amines) is 1. The molecule has 176 valence electrons. The highest BCUT2D eigenvalue weighted by atomic mass is 19.4. The average Bonchev–Trinajstić information content (AvgIpc) is 3.47. The Kier molecular flexibility index (Phi) is 4.56. The van der Waals surface area contributed by atoms with Crippen LogP contribution in [-0.2, 0) is 11.0 Å². The van der Waals surface area contributed by atoms with E-state index in [0.717, 1.165) is 42.1 Å². The minimum atomic E-state index is -4.44. The van der Waals surface area contributed by atoms with Crippen molar-refractivity contribution in [1.29, 1.82) is 0 Å². The first-order valence-electron chi connectivity index (χ1n) is 11.4. The number of amides is 1. The first-order chi connectivity index (χ1) is 16.3. The fraction of sp³-hybridized carbons (Fsp3) is 0.400. The Bertz CT molecular complexity index is 1220. The van der Waals surface area contributed by atoms with Gasteiger partial charge in [-0.05, 0) is 49.5 Å². The third kappa shape index (κ3) is 3.20. The molecule has 4 heterocycles. The Balaban J connectivity index is 1.26. The minimum Gasteiger partial charge on any atom is -0.472 e. The Morgan fingerprint density at radius 3 is 2.82 bits per heavy atom. The lowest BCUT2D eigenvalue weighted by Crippen LogP contribution is -2.59. The number of carbonyl (C=O) groups excluding carboxylic acids is 1. The number of nitrogens with one attached hydrogen (secondary N) is 1. The van der Waals surface area contributed by atoms with Gasteiger partial charge in [0.05, 0.1) is 28.6 Å². The number of nitrogens with zero attached hydrogens (tertiary/aromatic N) is 3. The van der Waals surface area contributed by atoms with E-state index in [2.05, 4.69) is 15.3 Å². The number of piperidine rings is 1. The van der Waals surface area contributed by atoms with Crippen molar-refractivity contribution in [1.82, 2.24) is 20.2 Å². The first kappa shape index (κ1) is 21.2. The summed E-state index contributed by atoms with van der Waals surface area (Å²) in [4.78, 5) is 24.0. The number of ether oxygens (including phenoxy) is 1. The molecular weight excluding hydrogens is 445 g/mol. The molecule has 6 nitrogen and oxygen atoms in total. The molecule has 2 saturated carbocycles. The number of rotatable bonds is 4. The van der Waals surface area contributed by atoms with Gasteiger partial charge >= 0.3 is 6.18 Å². The highest BCUT2D eigenvalue weighted by molar-refractivity contribution is 6.04. The molecule has 4 unspecified atom stereocenters. The molecule has 3 fully saturated rings. The standard InChI is InChI=1S/C25H23F3N4O2/c1-14-4-2-8-29-20(14)21-17(5-3-9-30-21)23(33)32-13-16-10-24(16)11-18(22(24)32)34-19-7-6-15(12-31-19)25(26,27)28/h2-8,12,16,18,22,30H,9-11,13H2,1H3. The van der Waals surface area contributed by atoms with Crippen LogP contribution in [0.4, 0.5) is 13.2 Å². The molecule has 4 aliphatic rings. The largest absolute Gasteiger partial charge is 0.472 e. The van der Waals surface area contributed by atoms with Gasteiger partial charge in [-0.25, -0.2) is 4.98 Å². The number of hydrogen-bond acceptors (Lipinski definition) is 5. The third-order valence-corrected chi connectivity index (χ3v) is 7.58. The number of hydrogen-bond donors (Lipinski definition) is 1. The van der Waals surface area contributed by atoms with E-state index in [1.807, 2.05) is 36.1 Å². The second-order valence-electron chi connectivity index (χ2n) is 9.52. The SMILES string of the molecule is Cc1cccnc1C1=C(C(=O)N2CC3CC34CC(Oc3ccc(C(F)(F)F)cn3)C24)C=CCN1. The smallest absolute Gasteiger partial charge is 0.417 e. The van der Waals surface area contributed by atoms with E-state index in [-0.39, 0.29) is 29.3 Å². The topological polar surface area (TPSA) is 67.4 Å². The van der Waals surface area contributed by atoms with Crippen LogP contribution in [0.1, 0.15) is 29.7 Å². The normalized spacial score (nSPS) is 29.2. The van der Waals surface area contributed by atoms with Crippen LogP contribution in [0.2, 0.25) is 0 Å². The molecule has 2 aliphatic carbocycles. The number of aromatic nitrogens is 2. The van der Waals surface area contributed by atoms with Gasteiger partial charge in [-0.3, -0.25) is 9.78 Å². The Hall–Kier alpha value is -3.36. The van der Waals surface area contributed by atoms with Crippen LogP contribution in [-0.4, -0.2) is 46.0 Å². The molecule has 1 spiro atoms. The summed E-state index contributed by atoms with van der Waals surface area (Å²) in [6, 6.07) is 5.94. The van der Waals surface area contributed by atoms with Crippen molar-refractivity contribution < 1.29 is 22.7 Å². The van der Waals surface area contributed by atoms with Crippen LogP contribution < -0.4 is 10.1 Å². The second kappa shape index (κ2) is 7.32. The summed E-state index contributed by atoms with van der Waals surface area (Å²) in [5.74, 6) is 0.518. The van der Waals surface area contributed by atoms with E-state index < -0.39 is 11.7 Å². The number of aryl methyl sites for hydroxylation is 1. The molecule has 1 N–H and O–H groups in total. The van der Waals surface area contributed by atoms with E-state index in [0.29, 0.717) is 24.6 Å². The summed E-state index contributed by atoms with van der Waals surface area (Å²) in [6.07, 6.45) is 3.38. The molecule has 34 heavy (non-hydrogen) atoms. The first-order valence-corrected chi connectivity index (χ1v) is 11.4. The van der Waals surface area contributed by atoms with Crippen molar-refractivity contribution in [3.05, 3.63) is 71.2 Å². The van der Waals surface area contributed by atoms with Gasteiger partial charge < -0.3 is 15.0 Å². The summed E-state index contributed by atoms with van der Waals surface area (Å²) < 4.78 is 44.5. The monoisotopic (exact) mass is 468 g/mol. The van der Waals surface area contributed by atoms with Gasteiger partial charge in [0.1, 0.15) is 6.10 Å². The fourth-order valence-corrected chi connectivity index (χ4v) is 5.83. The molecule has 2 aromatic heterocycles. The van der Waals surface area contributed by atoms with Gasteiger partial charge in [0.25, 0.3) is 5.91 Å². The van der Waals surface area contributed by atoms with Gasteiger partial charge in [-0.2, -0.15) is 13.2 Å². The molecule has 0 bridgehead atoms. The number of alkyl halides is 3. The molecule has 1 amide bonds. The van der Waals surface area contributed by atoms with Gasteiger partial charge in [0, 0.05) is 37.0 Å². The molecule has 0 radical (unpaired) electrons. The van der Waals surface area contributed by atoms with Gasteiger partial charge in [-0.1, -0.05) is 12.1 Å². The minimum absolute atomic E-state index is 0.0691. The second-order valence-corrected chi connectivity index (χ2v) is 9.52. The van der Waals surface area contributed by atoms with Crippen LogP contribution in [0, 0.1) is 18.3 Å². The van der Waals surface area contributed by atoms with Crippen molar-refractivity contribution in [3.63, 3.8) is 0 Å². The number of dihydropyridines is 1. The highest BCUT2D eigenvalue weighted by Crippen LogP contribution is 2.71. The molecule has 2 aliphatic heterocycles. The van der Waals surface area contributed by atoms with Crippen molar-refractivity contribution in [2.75, 3.05) is 13.1 Å². The van der Waals surface area contributed by atoms with Crippen molar-refractivity contribution in [3.8, 4) is 5.88 Å². The average molecular weight is 468 g/mol. The van der Waals surface area contributed by atoms with Crippen LogP contribution in [0.15, 0.2) is 54.4 Å². The van der Waals surface area contributed by atoms with E-state index in [1.165, 1.54) is 6.07 Å². The van der Waals surface area contributed by atoms with Crippen molar-refractivity contribution in [2.45, 2.75) is 38.1 Å². The maximum absolute atomic E-state index is 13.8. The quantitative estimate of drug-likeness (QED) is 0.741. The van der Waals surface area contributed by atoms with Crippen LogP contribution in [0.3, 0.4) is 0 Å². The molecule has 2 aromatic rings. The van der Waals surface area contributed by atoms with E-state index in [1.54, 1.807) is 6.20 Å². The van der Waals surface area contributed by atoms with E-state index >= 15 is 0 Å². The van der Waals surface area contributed by atoms with Gasteiger partial charge in [0.2, 0.25) is 5.88 Å². The summed E-state index contributed by atoms with van der Waals surface area (Å²) in [5, 5.41) is 3.31. The Labute approximate surface area is 194 Å². The van der Waals surface area contributed by atoms with Crippen LogP contribution in [0.5, 0.6) is 5.88 Å². The summed E-state index contributed by atoms with van der Waals surface area (Å²) in [5.41, 5.74) is 2.28. The van der Waals surface area contributed by atoms with E-state index in [9.17, 15) is 18.0 Å². The zero-order valence-electron chi connectivity index (χ0n) is 18.5. The maximum atomic E-state index is 13.8. The predicted molar refractivity (Wildman–Crippen MR) is 117 cm³/mol. The van der Waals surface area contributed by atoms with Gasteiger partial charge in [0.15, 0.2) is 0 Å². The van der Waals surface area contributed by atoms with Gasteiger partial charge in [-0.15, -0.1) is 0 Å². The number of halogens is 3. The molecule has 4 atom stereocenters. The lowest BCUT2D eigenvalue weighted by Gasteiger charge is -2.47. The highest BCUT2D eigenvalue weighted by Gasteiger charge is 2.76. The van der Waals surface area contributed by atoms with E-state index in [4.69, 9.17) is 4.74 Å². The summed E-state index contributed by atoms with van der Waals surface area (Å²) in [6.45, 7) is 3.24. The third-order valence-electron chi connectivity index (χ3n) is 7.58. The zero-order valence-corrected chi connectivity index (χ0v) is 18.5.